The molecule has 0 bridgehead atoms. The minimum atomic E-state index is 0.755. The van der Waals surface area contributed by atoms with Crippen molar-refractivity contribution in [2.24, 2.45) is 5.73 Å². The first-order chi connectivity index (χ1) is 8.29. The van der Waals surface area contributed by atoms with Gasteiger partial charge in [-0.05, 0) is 56.3 Å². The molecular weight excluding hydrogens is 208 g/mol. The van der Waals surface area contributed by atoms with Crippen LogP contribution >= 0.6 is 0 Å². The first-order valence-corrected chi connectivity index (χ1v) is 6.60. The van der Waals surface area contributed by atoms with Gasteiger partial charge in [0.15, 0.2) is 0 Å². The average Bonchev–Trinajstić information content (AvgIpc) is 3.10. The van der Waals surface area contributed by atoms with Gasteiger partial charge in [-0.15, -0.1) is 0 Å². The second-order valence-corrected chi connectivity index (χ2v) is 5.21. The van der Waals surface area contributed by atoms with Gasteiger partial charge in [-0.25, -0.2) is 0 Å². The Morgan fingerprint density at radius 2 is 2.18 bits per heavy atom. The van der Waals surface area contributed by atoms with Gasteiger partial charge < -0.3 is 10.3 Å². The van der Waals surface area contributed by atoms with Crippen LogP contribution in [0, 0.1) is 6.92 Å². The second-order valence-electron chi connectivity index (χ2n) is 5.21. The summed E-state index contributed by atoms with van der Waals surface area (Å²) in [6, 6.07) is 7.56. The standard InChI is InChI=1S/C15H20N2/c1-11-4-7-14-12(3-2-8-16)10-17(13-5-6-13)15(14)9-11/h4,7,9-10,13H,2-3,5-6,8,16H2,1H3. The Balaban J connectivity index is 2.09. The average molecular weight is 228 g/mol. The van der Waals surface area contributed by atoms with Crippen LogP contribution in [0.5, 0.6) is 0 Å². The SMILES string of the molecule is Cc1ccc2c(CCCN)cn(C3CC3)c2c1. The highest BCUT2D eigenvalue weighted by Gasteiger charge is 2.25. The molecule has 90 valence electrons. The summed E-state index contributed by atoms with van der Waals surface area (Å²) in [5.41, 5.74) is 9.85. The number of hydrogen-bond acceptors (Lipinski definition) is 1. The summed E-state index contributed by atoms with van der Waals surface area (Å²) < 4.78 is 2.48. The first kappa shape index (κ1) is 10.8. The van der Waals surface area contributed by atoms with Gasteiger partial charge in [-0.1, -0.05) is 12.1 Å². The summed E-state index contributed by atoms with van der Waals surface area (Å²) in [4.78, 5) is 0. The summed E-state index contributed by atoms with van der Waals surface area (Å²) in [7, 11) is 0. The zero-order valence-electron chi connectivity index (χ0n) is 10.4. The first-order valence-electron chi connectivity index (χ1n) is 6.60. The number of fused-ring (bicyclic) bond motifs is 1. The Labute approximate surface area is 102 Å². The molecule has 1 aliphatic carbocycles. The van der Waals surface area contributed by atoms with Gasteiger partial charge >= 0.3 is 0 Å². The molecular formula is C15H20N2. The molecule has 1 aromatic heterocycles. The molecule has 0 saturated heterocycles. The van der Waals surface area contributed by atoms with E-state index in [1.165, 1.54) is 34.9 Å². The molecule has 1 heterocycles. The van der Waals surface area contributed by atoms with Gasteiger partial charge in [0, 0.05) is 23.1 Å². The molecule has 3 rings (SSSR count). The summed E-state index contributed by atoms with van der Waals surface area (Å²) in [6.07, 6.45) is 7.23. The maximum Gasteiger partial charge on any atom is 0.0488 e. The van der Waals surface area contributed by atoms with E-state index in [1.54, 1.807) is 0 Å². The topological polar surface area (TPSA) is 30.9 Å². The minimum absolute atomic E-state index is 0.755. The van der Waals surface area contributed by atoms with Crippen LogP contribution in [0.25, 0.3) is 10.9 Å². The van der Waals surface area contributed by atoms with Gasteiger partial charge in [-0.3, -0.25) is 0 Å². The molecule has 2 nitrogen and oxygen atoms in total. The van der Waals surface area contributed by atoms with E-state index in [0.717, 1.165) is 25.4 Å². The van der Waals surface area contributed by atoms with E-state index < -0.39 is 0 Å². The summed E-state index contributed by atoms with van der Waals surface area (Å²) >= 11 is 0. The number of nitrogens with zero attached hydrogens (tertiary/aromatic N) is 1. The Hall–Kier alpha value is -1.28. The van der Waals surface area contributed by atoms with E-state index in [-0.39, 0.29) is 0 Å². The Kier molecular flexibility index (Phi) is 2.67. The second kappa shape index (κ2) is 4.19. The molecule has 0 radical (unpaired) electrons. The molecule has 1 aliphatic rings. The molecule has 0 aliphatic heterocycles. The molecule has 1 fully saturated rings. The molecule has 17 heavy (non-hydrogen) atoms. The maximum atomic E-state index is 5.62. The van der Waals surface area contributed by atoms with Gasteiger partial charge in [0.1, 0.15) is 0 Å². The third-order valence-corrected chi connectivity index (χ3v) is 3.66. The van der Waals surface area contributed by atoms with Crippen molar-refractivity contribution in [3.05, 3.63) is 35.5 Å². The van der Waals surface area contributed by atoms with Crippen molar-refractivity contribution < 1.29 is 0 Å². The fraction of sp³-hybridized carbons (Fsp3) is 0.467. The van der Waals surface area contributed by atoms with Crippen LogP contribution in [0.2, 0.25) is 0 Å². The van der Waals surface area contributed by atoms with Crippen LogP contribution in [0.3, 0.4) is 0 Å². The van der Waals surface area contributed by atoms with Crippen LogP contribution in [-0.2, 0) is 6.42 Å². The van der Waals surface area contributed by atoms with E-state index in [4.69, 9.17) is 5.73 Å². The van der Waals surface area contributed by atoms with Crippen LogP contribution in [-0.4, -0.2) is 11.1 Å². The molecule has 2 N–H and O–H groups in total. The summed E-state index contributed by atoms with van der Waals surface area (Å²) in [6.45, 7) is 2.95. The van der Waals surface area contributed by atoms with Crippen molar-refractivity contribution in [3.63, 3.8) is 0 Å². The highest BCUT2D eigenvalue weighted by molar-refractivity contribution is 5.85. The van der Waals surface area contributed by atoms with E-state index in [9.17, 15) is 0 Å². The quantitative estimate of drug-likeness (QED) is 0.856. The van der Waals surface area contributed by atoms with Gasteiger partial charge in [0.05, 0.1) is 0 Å². The Morgan fingerprint density at radius 3 is 2.88 bits per heavy atom. The van der Waals surface area contributed by atoms with Gasteiger partial charge in [-0.2, -0.15) is 0 Å². The van der Waals surface area contributed by atoms with Crippen molar-refractivity contribution in [3.8, 4) is 0 Å². The van der Waals surface area contributed by atoms with E-state index in [2.05, 4.69) is 35.9 Å². The fourth-order valence-corrected chi connectivity index (χ4v) is 2.58. The third kappa shape index (κ3) is 1.98. The lowest BCUT2D eigenvalue weighted by Gasteiger charge is -2.02. The fourth-order valence-electron chi connectivity index (χ4n) is 2.58. The largest absolute Gasteiger partial charge is 0.344 e. The highest BCUT2D eigenvalue weighted by Crippen LogP contribution is 2.39. The predicted molar refractivity (Wildman–Crippen MR) is 72.3 cm³/mol. The third-order valence-electron chi connectivity index (χ3n) is 3.66. The number of hydrogen-bond donors (Lipinski definition) is 1. The lowest BCUT2D eigenvalue weighted by Crippen LogP contribution is -1.99. The van der Waals surface area contributed by atoms with Crippen molar-refractivity contribution in [1.82, 2.24) is 4.57 Å². The maximum absolute atomic E-state index is 5.62. The Bertz CT molecular complexity index is 535. The van der Waals surface area contributed by atoms with Crippen molar-refractivity contribution in [1.29, 1.82) is 0 Å². The normalized spacial score (nSPS) is 15.6. The molecule has 1 saturated carbocycles. The van der Waals surface area contributed by atoms with Crippen LogP contribution < -0.4 is 5.73 Å². The number of nitrogens with two attached hydrogens (primary N) is 1. The molecule has 2 heteroatoms. The smallest absolute Gasteiger partial charge is 0.0488 e. The van der Waals surface area contributed by atoms with E-state index in [1.807, 2.05) is 0 Å². The van der Waals surface area contributed by atoms with Crippen molar-refractivity contribution in [2.45, 2.75) is 38.6 Å². The van der Waals surface area contributed by atoms with Crippen LogP contribution in [0.4, 0.5) is 0 Å². The number of rotatable bonds is 4. The predicted octanol–water partition coefficient (Wildman–Crippen LogP) is 3.18. The lowest BCUT2D eigenvalue weighted by atomic mass is 10.1. The van der Waals surface area contributed by atoms with E-state index in [0.29, 0.717) is 0 Å². The minimum Gasteiger partial charge on any atom is -0.344 e. The number of aryl methyl sites for hydroxylation is 2. The van der Waals surface area contributed by atoms with Crippen LogP contribution in [0.15, 0.2) is 24.4 Å². The number of aromatic nitrogens is 1. The zero-order chi connectivity index (χ0) is 11.8. The Morgan fingerprint density at radius 1 is 1.35 bits per heavy atom. The lowest BCUT2D eigenvalue weighted by molar-refractivity contribution is 0.763. The highest BCUT2D eigenvalue weighted by atomic mass is 15.0. The van der Waals surface area contributed by atoms with Crippen molar-refractivity contribution in [2.75, 3.05) is 6.54 Å². The molecule has 2 aromatic rings. The molecule has 0 atom stereocenters. The van der Waals surface area contributed by atoms with Gasteiger partial charge in [0.2, 0.25) is 0 Å². The van der Waals surface area contributed by atoms with E-state index >= 15 is 0 Å². The molecule has 0 unspecified atom stereocenters. The zero-order valence-corrected chi connectivity index (χ0v) is 10.4. The molecule has 0 spiro atoms. The monoisotopic (exact) mass is 228 g/mol. The van der Waals surface area contributed by atoms with Crippen LogP contribution in [0.1, 0.15) is 36.4 Å². The van der Waals surface area contributed by atoms with Gasteiger partial charge in [0.25, 0.3) is 0 Å². The number of benzene rings is 1. The molecule has 0 amide bonds. The summed E-state index contributed by atoms with van der Waals surface area (Å²) in [5.74, 6) is 0. The summed E-state index contributed by atoms with van der Waals surface area (Å²) in [5, 5.41) is 1.43. The van der Waals surface area contributed by atoms with Crippen molar-refractivity contribution >= 4 is 10.9 Å². The molecule has 1 aromatic carbocycles.